The van der Waals surface area contributed by atoms with Gasteiger partial charge in [0.05, 0.1) is 11.1 Å². The van der Waals surface area contributed by atoms with E-state index in [1.54, 1.807) is 0 Å². The number of hydrogen-bond acceptors (Lipinski definition) is 2. The largest absolute Gasteiger partial charge is 0.416 e. The minimum absolute atomic E-state index is 0.0147. The van der Waals surface area contributed by atoms with E-state index < -0.39 is 29.3 Å². The molecule has 3 nitrogen and oxygen atoms in total. The van der Waals surface area contributed by atoms with Crippen molar-refractivity contribution < 1.29 is 31.5 Å². The summed E-state index contributed by atoms with van der Waals surface area (Å²) in [4.78, 5) is 0. The summed E-state index contributed by atoms with van der Waals surface area (Å²) in [6, 6.07) is 1.06. The number of nitrogens with two attached hydrogens (primary N) is 1. The maximum atomic E-state index is 12.5. The van der Waals surface area contributed by atoms with Crippen LogP contribution < -0.4 is 5.73 Å². The van der Waals surface area contributed by atoms with Crippen LogP contribution in [0, 0.1) is 0 Å². The van der Waals surface area contributed by atoms with E-state index in [1.807, 2.05) is 0 Å². The fourth-order valence-corrected chi connectivity index (χ4v) is 1.29. The topological polar surface area (TPSA) is 58.6 Å². The molecule has 0 heterocycles. The summed E-state index contributed by atoms with van der Waals surface area (Å²) in [6.07, 6.45) is -8.09. The van der Waals surface area contributed by atoms with Gasteiger partial charge in [-0.3, -0.25) is 0 Å². The third-order valence-corrected chi connectivity index (χ3v) is 2.17. The molecule has 0 aromatic heterocycles. The standard InChI is InChI=1S/C11H8F6N2O/c12-10(13,14)7-3-6(1-2-9(18)19-20)4-8(5-7)11(15,16)17/h1-5,20H,(H2,18,19)/b2-1+. The van der Waals surface area contributed by atoms with Gasteiger partial charge in [-0.25, -0.2) is 0 Å². The van der Waals surface area contributed by atoms with E-state index in [2.05, 4.69) is 5.16 Å². The third kappa shape index (κ3) is 4.18. The summed E-state index contributed by atoms with van der Waals surface area (Å²) in [6.45, 7) is 0. The molecule has 0 aliphatic heterocycles. The van der Waals surface area contributed by atoms with Crippen LogP contribution in [-0.4, -0.2) is 11.0 Å². The van der Waals surface area contributed by atoms with E-state index >= 15 is 0 Å². The SMILES string of the molecule is NC(/C=C/c1cc(C(F)(F)F)cc(C(F)(F)F)c1)=N\O. The number of rotatable bonds is 2. The van der Waals surface area contributed by atoms with E-state index in [0.717, 1.165) is 12.2 Å². The Balaban J connectivity index is 3.35. The number of halogens is 6. The predicted molar refractivity (Wildman–Crippen MR) is 58.9 cm³/mol. The Kier molecular flexibility index (Phi) is 4.31. The zero-order valence-corrected chi connectivity index (χ0v) is 9.63. The fraction of sp³-hybridized carbons (Fsp3) is 0.182. The molecule has 0 atom stereocenters. The molecule has 0 saturated heterocycles. The normalized spacial score (nSPS) is 14.0. The highest BCUT2D eigenvalue weighted by Gasteiger charge is 2.36. The molecular formula is C11H8F6N2O. The second-order valence-electron chi connectivity index (χ2n) is 3.70. The maximum Gasteiger partial charge on any atom is 0.416 e. The van der Waals surface area contributed by atoms with Crippen molar-refractivity contribution in [3.8, 4) is 0 Å². The molecule has 0 bridgehead atoms. The Bertz CT molecular complexity index is 513. The van der Waals surface area contributed by atoms with Gasteiger partial charge in [0, 0.05) is 0 Å². The lowest BCUT2D eigenvalue weighted by Crippen LogP contribution is -2.11. The Hall–Kier alpha value is -2.19. The summed E-state index contributed by atoms with van der Waals surface area (Å²) in [5, 5.41) is 10.7. The molecule has 0 spiro atoms. The van der Waals surface area contributed by atoms with Gasteiger partial charge < -0.3 is 10.9 Å². The molecule has 0 unspecified atom stereocenters. The highest BCUT2D eigenvalue weighted by molar-refractivity contribution is 5.94. The van der Waals surface area contributed by atoms with E-state index in [4.69, 9.17) is 10.9 Å². The molecular weight excluding hydrogens is 290 g/mol. The number of oxime groups is 1. The van der Waals surface area contributed by atoms with Crippen LogP contribution in [0.15, 0.2) is 29.4 Å². The molecule has 3 N–H and O–H groups in total. The van der Waals surface area contributed by atoms with Crippen LogP contribution in [0.3, 0.4) is 0 Å². The van der Waals surface area contributed by atoms with Gasteiger partial charge in [0.2, 0.25) is 0 Å². The third-order valence-electron chi connectivity index (χ3n) is 2.17. The van der Waals surface area contributed by atoms with Crippen LogP contribution >= 0.6 is 0 Å². The van der Waals surface area contributed by atoms with Gasteiger partial charge in [-0.2, -0.15) is 26.3 Å². The van der Waals surface area contributed by atoms with Crippen LogP contribution in [0.5, 0.6) is 0 Å². The minimum Gasteiger partial charge on any atom is -0.409 e. The van der Waals surface area contributed by atoms with E-state index in [-0.39, 0.29) is 11.6 Å². The van der Waals surface area contributed by atoms with Crippen molar-refractivity contribution in [2.75, 3.05) is 0 Å². The first kappa shape index (κ1) is 15.9. The second kappa shape index (κ2) is 5.43. The lowest BCUT2D eigenvalue weighted by Gasteiger charge is -2.12. The zero-order valence-electron chi connectivity index (χ0n) is 9.63. The molecule has 0 aliphatic carbocycles. The van der Waals surface area contributed by atoms with Gasteiger partial charge in [-0.15, -0.1) is 0 Å². The van der Waals surface area contributed by atoms with Crippen LogP contribution in [0.2, 0.25) is 0 Å². The molecule has 9 heteroatoms. The van der Waals surface area contributed by atoms with Crippen molar-refractivity contribution >= 4 is 11.9 Å². The smallest absolute Gasteiger partial charge is 0.409 e. The summed E-state index contributed by atoms with van der Waals surface area (Å²) in [5.74, 6) is -0.462. The van der Waals surface area contributed by atoms with Crippen LogP contribution in [0.25, 0.3) is 6.08 Å². The maximum absolute atomic E-state index is 12.5. The van der Waals surface area contributed by atoms with E-state index in [0.29, 0.717) is 12.1 Å². The van der Waals surface area contributed by atoms with E-state index in [1.165, 1.54) is 0 Å². The molecule has 20 heavy (non-hydrogen) atoms. The highest BCUT2D eigenvalue weighted by Crippen LogP contribution is 2.36. The van der Waals surface area contributed by atoms with Gasteiger partial charge >= 0.3 is 12.4 Å². The lowest BCUT2D eigenvalue weighted by atomic mass is 10.0. The monoisotopic (exact) mass is 298 g/mol. The quantitative estimate of drug-likeness (QED) is 0.289. The summed E-state index contributed by atoms with van der Waals surface area (Å²) >= 11 is 0. The summed E-state index contributed by atoms with van der Waals surface area (Å²) in [7, 11) is 0. The number of benzene rings is 1. The number of hydrogen-bond donors (Lipinski definition) is 2. The van der Waals surface area contributed by atoms with E-state index in [9.17, 15) is 26.3 Å². The van der Waals surface area contributed by atoms with Gasteiger partial charge in [0.1, 0.15) is 0 Å². The zero-order chi connectivity index (χ0) is 15.6. The van der Waals surface area contributed by atoms with Crippen molar-refractivity contribution in [3.05, 3.63) is 41.0 Å². The molecule has 0 radical (unpaired) electrons. The predicted octanol–water partition coefficient (Wildman–Crippen LogP) is 3.48. The van der Waals surface area contributed by atoms with Crippen molar-refractivity contribution in [1.82, 2.24) is 0 Å². The van der Waals surface area contributed by atoms with Crippen molar-refractivity contribution in [2.24, 2.45) is 10.9 Å². The number of nitrogens with zero attached hydrogens (tertiary/aromatic N) is 1. The molecule has 110 valence electrons. The van der Waals surface area contributed by atoms with Crippen LogP contribution in [0.1, 0.15) is 16.7 Å². The van der Waals surface area contributed by atoms with Crippen LogP contribution in [-0.2, 0) is 12.4 Å². The summed E-state index contributed by atoms with van der Waals surface area (Å²) in [5.41, 5.74) is 1.78. The van der Waals surface area contributed by atoms with Gasteiger partial charge in [0.25, 0.3) is 0 Å². The van der Waals surface area contributed by atoms with Crippen molar-refractivity contribution in [1.29, 1.82) is 0 Å². The Morgan fingerprint density at radius 2 is 1.45 bits per heavy atom. The number of amidine groups is 1. The van der Waals surface area contributed by atoms with Gasteiger partial charge in [0.15, 0.2) is 5.84 Å². The molecule has 0 aliphatic rings. The Morgan fingerprint density at radius 3 is 1.80 bits per heavy atom. The molecule has 0 amide bonds. The molecule has 0 fully saturated rings. The molecule has 1 aromatic carbocycles. The van der Waals surface area contributed by atoms with Crippen molar-refractivity contribution in [2.45, 2.75) is 12.4 Å². The first-order valence-corrected chi connectivity index (χ1v) is 4.99. The number of alkyl halides is 6. The minimum atomic E-state index is -4.92. The van der Waals surface area contributed by atoms with Crippen molar-refractivity contribution in [3.63, 3.8) is 0 Å². The van der Waals surface area contributed by atoms with Gasteiger partial charge in [-0.05, 0) is 29.8 Å². The van der Waals surface area contributed by atoms with Gasteiger partial charge in [-0.1, -0.05) is 11.2 Å². The Labute approximate surface area is 109 Å². The Morgan fingerprint density at radius 1 is 1.00 bits per heavy atom. The summed E-state index contributed by atoms with van der Waals surface area (Å²) < 4.78 is 75.1. The first-order valence-electron chi connectivity index (χ1n) is 4.99. The molecule has 1 aromatic rings. The van der Waals surface area contributed by atoms with Crippen LogP contribution in [0.4, 0.5) is 26.3 Å². The average Bonchev–Trinajstić information content (AvgIpc) is 2.33. The lowest BCUT2D eigenvalue weighted by molar-refractivity contribution is -0.143. The average molecular weight is 298 g/mol. The molecule has 0 saturated carbocycles. The fourth-order valence-electron chi connectivity index (χ4n) is 1.29. The highest BCUT2D eigenvalue weighted by atomic mass is 19.4. The molecule has 1 rings (SSSR count). The first-order chi connectivity index (χ1) is 9.04. The second-order valence-corrected chi connectivity index (χ2v) is 3.70.